The number of rotatable bonds is 4. The lowest BCUT2D eigenvalue weighted by molar-refractivity contribution is -0.147. The summed E-state index contributed by atoms with van der Waals surface area (Å²) in [5, 5.41) is 2.73. The smallest absolute Gasteiger partial charge is 0.311 e. The Morgan fingerprint density at radius 3 is 2.59 bits per heavy atom. The van der Waals surface area contributed by atoms with Gasteiger partial charge in [-0.1, -0.05) is 30.3 Å². The topological polar surface area (TPSA) is 92.7 Å². The van der Waals surface area contributed by atoms with Gasteiger partial charge < -0.3 is 20.4 Å². The fourth-order valence-electron chi connectivity index (χ4n) is 4.00. The Labute approximate surface area is 169 Å². The highest BCUT2D eigenvalue weighted by atomic mass is 16.2. The SMILES string of the molecule is NCC1(c2ccccc2)CCN(C(=O)C(=O)NCc2ccn3ccnc3c2)CC1. The van der Waals surface area contributed by atoms with Crippen LogP contribution in [0.15, 0.2) is 61.1 Å². The van der Waals surface area contributed by atoms with Gasteiger partial charge in [0.2, 0.25) is 0 Å². The normalized spacial score (nSPS) is 16.0. The van der Waals surface area contributed by atoms with Gasteiger partial charge in [-0.15, -0.1) is 0 Å². The van der Waals surface area contributed by atoms with Crippen molar-refractivity contribution in [3.63, 3.8) is 0 Å². The summed E-state index contributed by atoms with van der Waals surface area (Å²) >= 11 is 0. The number of nitrogens with zero attached hydrogens (tertiary/aromatic N) is 3. The lowest BCUT2D eigenvalue weighted by atomic mass is 9.73. The average Bonchev–Trinajstić information content (AvgIpc) is 3.25. The van der Waals surface area contributed by atoms with Gasteiger partial charge in [0.15, 0.2) is 0 Å². The van der Waals surface area contributed by atoms with Crippen molar-refractivity contribution in [2.75, 3.05) is 19.6 Å². The standard InChI is InChI=1S/C22H25N5O2/c23-16-22(18-4-2-1-3-5-18)7-11-27(12-8-22)21(29)20(28)25-15-17-6-10-26-13-9-24-19(26)14-17/h1-6,9-10,13-14H,7-8,11-12,15-16,23H2,(H,25,28). The third-order valence-corrected chi connectivity index (χ3v) is 5.89. The Hall–Kier alpha value is -3.19. The molecule has 1 aliphatic heterocycles. The molecule has 0 aliphatic carbocycles. The first-order valence-electron chi connectivity index (χ1n) is 9.86. The highest BCUT2D eigenvalue weighted by molar-refractivity contribution is 6.35. The van der Waals surface area contributed by atoms with Crippen molar-refractivity contribution < 1.29 is 9.59 Å². The molecule has 0 unspecified atom stereocenters. The maximum atomic E-state index is 12.6. The Kier molecular flexibility index (Phi) is 5.31. The van der Waals surface area contributed by atoms with Gasteiger partial charge in [-0.25, -0.2) is 4.98 Å². The van der Waals surface area contributed by atoms with E-state index in [1.54, 1.807) is 11.1 Å². The van der Waals surface area contributed by atoms with Gasteiger partial charge in [-0.05, 0) is 36.1 Å². The Morgan fingerprint density at radius 1 is 1.10 bits per heavy atom. The van der Waals surface area contributed by atoms with Crippen molar-refractivity contribution in [3.8, 4) is 0 Å². The summed E-state index contributed by atoms with van der Waals surface area (Å²) in [5.74, 6) is -1.06. The molecule has 7 nitrogen and oxygen atoms in total. The van der Waals surface area contributed by atoms with E-state index < -0.39 is 11.8 Å². The number of hydrogen-bond acceptors (Lipinski definition) is 4. The molecule has 29 heavy (non-hydrogen) atoms. The molecule has 0 bridgehead atoms. The highest BCUT2D eigenvalue weighted by Gasteiger charge is 2.37. The van der Waals surface area contributed by atoms with Gasteiger partial charge in [0.1, 0.15) is 5.65 Å². The molecule has 2 amide bonds. The average molecular weight is 391 g/mol. The van der Waals surface area contributed by atoms with Gasteiger partial charge in [-0.2, -0.15) is 0 Å². The third kappa shape index (κ3) is 3.86. The van der Waals surface area contributed by atoms with Crippen molar-refractivity contribution in [2.45, 2.75) is 24.8 Å². The predicted octanol–water partition coefficient (Wildman–Crippen LogP) is 1.47. The minimum absolute atomic E-state index is 0.131. The summed E-state index contributed by atoms with van der Waals surface area (Å²) < 4.78 is 1.89. The second-order valence-electron chi connectivity index (χ2n) is 7.55. The van der Waals surface area contributed by atoms with E-state index in [0.717, 1.165) is 24.1 Å². The number of likely N-dealkylation sites (tertiary alicyclic amines) is 1. The number of hydrogen-bond donors (Lipinski definition) is 2. The molecule has 0 saturated carbocycles. The summed E-state index contributed by atoms with van der Waals surface area (Å²) in [5.41, 5.74) is 8.88. The predicted molar refractivity (Wildman–Crippen MR) is 110 cm³/mol. The second kappa shape index (κ2) is 8.05. The van der Waals surface area contributed by atoms with Crippen LogP contribution in [0.3, 0.4) is 0 Å². The fraction of sp³-hybridized carbons (Fsp3) is 0.318. The number of amides is 2. The van der Waals surface area contributed by atoms with Crippen LogP contribution in [0.4, 0.5) is 0 Å². The second-order valence-corrected chi connectivity index (χ2v) is 7.55. The summed E-state index contributed by atoms with van der Waals surface area (Å²) in [6.07, 6.45) is 6.96. The fourth-order valence-corrected chi connectivity index (χ4v) is 4.00. The number of carbonyl (C=O) groups excluding carboxylic acids is 2. The van der Waals surface area contributed by atoms with Gasteiger partial charge in [0.05, 0.1) is 0 Å². The zero-order valence-corrected chi connectivity index (χ0v) is 16.3. The van der Waals surface area contributed by atoms with Crippen LogP contribution < -0.4 is 11.1 Å². The lowest BCUT2D eigenvalue weighted by Crippen LogP contribution is -2.51. The van der Waals surface area contributed by atoms with E-state index in [4.69, 9.17) is 5.73 Å². The molecule has 1 aliphatic rings. The zero-order valence-electron chi connectivity index (χ0n) is 16.3. The van der Waals surface area contributed by atoms with E-state index >= 15 is 0 Å². The summed E-state index contributed by atoms with van der Waals surface area (Å²) in [4.78, 5) is 30.8. The van der Waals surface area contributed by atoms with E-state index in [2.05, 4.69) is 22.4 Å². The van der Waals surface area contributed by atoms with E-state index in [1.165, 1.54) is 5.56 Å². The summed E-state index contributed by atoms with van der Waals surface area (Å²) in [6, 6.07) is 14.0. The minimum Gasteiger partial charge on any atom is -0.344 e. The Bertz CT molecular complexity index is 1010. The first kappa shape index (κ1) is 19.1. The molecule has 1 aromatic carbocycles. The van der Waals surface area contributed by atoms with E-state index in [9.17, 15) is 9.59 Å². The number of imidazole rings is 1. The molecule has 3 heterocycles. The molecule has 150 valence electrons. The summed E-state index contributed by atoms with van der Waals surface area (Å²) in [7, 11) is 0. The Morgan fingerprint density at radius 2 is 1.86 bits per heavy atom. The molecule has 2 aromatic heterocycles. The van der Waals surface area contributed by atoms with Crippen molar-refractivity contribution in [1.82, 2.24) is 19.6 Å². The van der Waals surface area contributed by atoms with Crippen LogP contribution in [-0.2, 0) is 21.5 Å². The number of aromatic nitrogens is 2. The molecular formula is C22H25N5O2. The van der Waals surface area contributed by atoms with Gasteiger partial charge >= 0.3 is 11.8 Å². The number of carbonyl (C=O) groups is 2. The third-order valence-electron chi connectivity index (χ3n) is 5.89. The molecule has 3 aromatic rings. The number of fused-ring (bicyclic) bond motifs is 1. The number of pyridine rings is 1. The molecule has 1 saturated heterocycles. The number of nitrogens with two attached hydrogens (primary N) is 1. The van der Waals surface area contributed by atoms with Crippen LogP contribution in [0, 0.1) is 0 Å². The number of nitrogens with one attached hydrogen (secondary N) is 1. The van der Waals surface area contributed by atoms with Crippen molar-refractivity contribution in [3.05, 3.63) is 72.2 Å². The van der Waals surface area contributed by atoms with E-state index in [1.807, 2.05) is 47.1 Å². The monoisotopic (exact) mass is 391 g/mol. The summed E-state index contributed by atoms with van der Waals surface area (Å²) in [6.45, 7) is 1.87. The molecule has 3 N–H and O–H groups in total. The quantitative estimate of drug-likeness (QED) is 0.659. The van der Waals surface area contributed by atoms with Crippen LogP contribution in [0.5, 0.6) is 0 Å². The van der Waals surface area contributed by atoms with Gasteiger partial charge in [0, 0.05) is 50.2 Å². The van der Waals surface area contributed by atoms with Gasteiger partial charge in [0.25, 0.3) is 0 Å². The molecule has 0 radical (unpaired) electrons. The van der Waals surface area contributed by atoms with E-state index in [0.29, 0.717) is 26.2 Å². The van der Waals surface area contributed by atoms with Crippen LogP contribution >= 0.6 is 0 Å². The first-order valence-corrected chi connectivity index (χ1v) is 9.86. The van der Waals surface area contributed by atoms with E-state index in [-0.39, 0.29) is 5.41 Å². The molecule has 7 heteroatoms. The largest absolute Gasteiger partial charge is 0.344 e. The van der Waals surface area contributed by atoms with Crippen LogP contribution in [0.1, 0.15) is 24.0 Å². The molecular weight excluding hydrogens is 366 g/mol. The Balaban J connectivity index is 1.34. The first-order chi connectivity index (χ1) is 14.1. The zero-order chi connectivity index (χ0) is 20.3. The van der Waals surface area contributed by atoms with Crippen LogP contribution in [0.2, 0.25) is 0 Å². The van der Waals surface area contributed by atoms with Crippen LogP contribution in [0.25, 0.3) is 5.65 Å². The van der Waals surface area contributed by atoms with Crippen molar-refractivity contribution in [1.29, 1.82) is 0 Å². The molecule has 1 fully saturated rings. The number of benzene rings is 1. The molecule has 0 spiro atoms. The van der Waals surface area contributed by atoms with Crippen LogP contribution in [-0.4, -0.2) is 45.7 Å². The highest BCUT2D eigenvalue weighted by Crippen LogP contribution is 2.34. The maximum Gasteiger partial charge on any atom is 0.311 e. The minimum atomic E-state index is -0.576. The van der Waals surface area contributed by atoms with Crippen molar-refractivity contribution >= 4 is 17.5 Å². The van der Waals surface area contributed by atoms with Gasteiger partial charge in [-0.3, -0.25) is 9.59 Å². The van der Waals surface area contributed by atoms with Crippen molar-refractivity contribution in [2.24, 2.45) is 5.73 Å². The molecule has 4 rings (SSSR count). The maximum absolute atomic E-state index is 12.6. The lowest BCUT2D eigenvalue weighted by Gasteiger charge is -2.41. The number of piperidine rings is 1. The molecule has 0 atom stereocenters.